The molecule has 0 N–H and O–H groups in total. The van der Waals surface area contributed by atoms with Crippen LogP contribution in [0, 0.1) is 22.0 Å². The zero-order chi connectivity index (χ0) is 12.8. The van der Waals surface area contributed by atoms with Crippen LogP contribution in [0.15, 0.2) is 18.2 Å². The SMILES string of the molecule is COC(=O)c1cc([N+](=O)[O-])ccc1C#CCCl. The number of esters is 1. The highest BCUT2D eigenvalue weighted by molar-refractivity contribution is 6.19. The van der Waals surface area contributed by atoms with Gasteiger partial charge in [-0.1, -0.05) is 11.8 Å². The minimum Gasteiger partial charge on any atom is -0.465 e. The summed E-state index contributed by atoms with van der Waals surface area (Å²) in [5, 5.41) is 10.6. The van der Waals surface area contributed by atoms with Gasteiger partial charge < -0.3 is 4.74 Å². The van der Waals surface area contributed by atoms with Crippen molar-refractivity contribution < 1.29 is 14.5 Å². The normalized spacial score (nSPS) is 9.06. The van der Waals surface area contributed by atoms with E-state index in [-0.39, 0.29) is 17.1 Å². The molecule has 0 fully saturated rings. The number of nitrogens with zero attached hydrogens (tertiary/aromatic N) is 1. The molecule has 5 nitrogen and oxygen atoms in total. The predicted molar refractivity (Wildman–Crippen MR) is 62.0 cm³/mol. The van der Waals surface area contributed by atoms with E-state index in [4.69, 9.17) is 11.6 Å². The molecular weight excluding hydrogens is 246 g/mol. The molecule has 0 saturated heterocycles. The average Bonchev–Trinajstić information content (AvgIpc) is 2.35. The number of ether oxygens (including phenoxy) is 1. The van der Waals surface area contributed by atoms with Gasteiger partial charge in [-0.3, -0.25) is 10.1 Å². The second-order valence-electron chi connectivity index (χ2n) is 2.91. The molecule has 0 aromatic heterocycles. The van der Waals surface area contributed by atoms with Gasteiger partial charge in [0.15, 0.2) is 0 Å². The number of hydrogen-bond donors (Lipinski definition) is 0. The topological polar surface area (TPSA) is 69.4 Å². The van der Waals surface area contributed by atoms with Gasteiger partial charge in [-0.05, 0) is 6.07 Å². The maximum Gasteiger partial charge on any atom is 0.339 e. The lowest BCUT2D eigenvalue weighted by molar-refractivity contribution is -0.384. The van der Waals surface area contributed by atoms with E-state index in [1.54, 1.807) is 0 Å². The number of benzene rings is 1. The number of halogens is 1. The van der Waals surface area contributed by atoms with Crippen molar-refractivity contribution in [1.82, 2.24) is 0 Å². The van der Waals surface area contributed by atoms with Crippen molar-refractivity contribution in [3.05, 3.63) is 39.4 Å². The highest BCUT2D eigenvalue weighted by atomic mass is 35.5. The molecule has 1 rings (SSSR count). The standard InChI is InChI=1S/C11H8ClNO4/c1-17-11(14)10-7-9(13(15)16)5-4-8(10)3-2-6-12/h4-5,7H,6H2,1H3. The van der Waals surface area contributed by atoms with Crippen molar-refractivity contribution >= 4 is 23.3 Å². The average molecular weight is 254 g/mol. The van der Waals surface area contributed by atoms with Gasteiger partial charge in [0.25, 0.3) is 5.69 Å². The minimum absolute atomic E-state index is 0.0549. The summed E-state index contributed by atoms with van der Waals surface area (Å²) >= 11 is 5.40. The summed E-state index contributed by atoms with van der Waals surface area (Å²) in [5.41, 5.74) is 0.212. The Morgan fingerprint density at radius 3 is 2.82 bits per heavy atom. The van der Waals surface area contributed by atoms with E-state index >= 15 is 0 Å². The Hall–Kier alpha value is -2.06. The summed E-state index contributed by atoms with van der Waals surface area (Å²) in [7, 11) is 1.19. The molecule has 0 atom stereocenters. The molecule has 0 aliphatic heterocycles. The van der Waals surface area contributed by atoms with Crippen LogP contribution in [0.25, 0.3) is 0 Å². The summed E-state index contributed by atoms with van der Waals surface area (Å²) in [6, 6.07) is 3.79. The summed E-state index contributed by atoms with van der Waals surface area (Å²) in [4.78, 5) is 21.4. The maximum atomic E-state index is 11.4. The molecule has 17 heavy (non-hydrogen) atoms. The predicted octanol–water partition coefficient (Wildman–Crippen LogP) is 1.97. The summed E-state index contributed by atoms with van der Waals surface area (Å²) in [5.74, 6) is 4.64. The van der Waals surface area contributed by atoms with Crippen molar-refractivity contribution in [2.24, 2.45) is 0 Å². The van der Waals surface area contributed by atoms with E-state index in [1.165, 1.54) is 19.2 Å². The van der Waals surface area contributed by atoms with Crippen molar-refractivity contribution in [2.45, 2.75) is 0 Å². The zero-order valence-corrected chi connectivity index (χ0v) is 9.65. The van der Waals surface area contributed by atoms with E-state index in [1.807, 2.05) is 0 Å². The molecule has 88 valence electrons. The zero-order valence-electron chi connectivity index (χ0n) is 8.90. The first kappa shape index (κ1) is 13.0. The fourth-order valence-electron chi connectivity index (χ4n) is 1.16. The summed E-state index contributed by atoms with van der Waals surface area (Å²) in [6.45, 7) is 0. The van der Waals surface area contributed by atoms with Gasteiger partial charge in [-0.25, -0.2) is 4.79 Å². The molecule has 0 heterocycles. The number of hydrogen-bond acceptors (Lipinski definition) is 4. The maximum absolute atomic E-state index is 11.4. The number of carbonyl (C=O) groups is 1. The molecule has 0 saturated carbocycles. The van der Waals surface area contributed by atoms with Gasteiger partial charge in [-0.15, -0.1) is 11.6 Å². The van der Waals surface area contributed by atoms with Crippen LogP contribution in [0.1, 0.15) is 15.9 Å². The monoisotopic (exact) mass is 253 g/mol. The lowest BCUT2D eigenvalue weighted by Gasteiger charge is -2.02. The van der Waals surface area contributed by atoms with E-state index < -0.39 is 10.9 Å². The van der Waals surface area contributed by atoms with Gasteiger partial charge >= 0.3 is 5.97 Å². The fourth-order valence-corrected chi connectivity index (χ4v) is 1.23. The first-order valence-corrected chi connectivity index (χ1v) is 5.05. The second kappa shape index (κ2) is 5.87. The Balaban J connectivity index is 3.31. The van der Waals surface area contributed by atoms with Crippen LogP contribution in [0.4, 0.5) is 5.69 Å². The molecular formula is C11H8ClNO4. The van der Waals surface area contributed by atoms with Crippen LogP contribution in [0.5, 0.6) is 0 Å². The first-order chi connectivity index (χ1) is 8.10. The Morgan fingerprint density at radius 2 is 2.29 bits per heavy atom. The number of alkyl halides is 1. The van der Waals surface area contributed by atoms with Crippen molar-refractivity contribution in [3.63, 3.8) is 0 Å². The van der Waals surface area contributed by atoms with Crippen LogP contribution in [0.3, 0.4) is 0 Å². The number of nitro groups is 1. The third-order valence-corrected chi connectivity index (χ3v) is 2.04. The number of non-ortho nitro benzene ring substituents is 1. The van der Waals surface area contributed by atoms with E-state index in [0.717, 1.165) is 6.07 Å². The number of methoxy groups -OCH3 is 1. The third kappa shape index (κ3) is 3.20. The second-order valence-corrected chi connectivity index (χ2v) is 3.18. The highest BCUT2D eigenvalue weighted by Crippen LogP contribution is 2.18. The fraction of sp³-hybridized carbons (Fsp3) is 0.182. The quantitative estimate of drug-likeness (QED) is 0.266. The third-order valence-electron chi connectivity index (χ3n) is 1.91. The van der Waals surface area contributed by atoms with Crippen LogP contribution >= 0.6 is 11.6 Å². The number of carbonyl (C=O) groups excluding carboxylic acids is 1. The lowest BCUT2D eigenvalue weighted by Crippen LogP contribution is -2.05. The van der Waals surface area contributed by atoms with Gasteiger partial charge in [0.1, 0.15) is 0 Å². The van der Waals surface area contributed by atoms with Crippen LogP contribution in [0.2, 0.25) is 0 Å². The van der Waals surface area contributed by atoms with Gasteiger partial charge in [0.05, 0.1) is 23.5 Å². The largest absolute Gasteiger partial charge is 0.465 e. The Bertz CT molecular complexity index is 516. The first-order valence-electron chi connectivity index (χ1n) is 4.51. The molecule has 0 aliphatic rings. The molecule has 0 radical (unpaired) electrons. The van der Waals surface area contributed by atoms with Crippen LogP contribution < -0.4 is 0 Å². The highest BCUT2D eigenvalue weighted by Gasteiger charge is 2.15. The molecule has 0 spiro atoms. The summed E-state index contributed by atoms with van der Waals surface area (Å²) in [6.07, 6.45) is 0. The number of rotatable bonds is 2. The summed E-state index contributed by atoms with van der Waals surface area (Å²) < 4.78 is 4.53. The van der Waals surface area contributed by atoms with Crippen molar-refractivity contribution in [2.75, 3.05) is 13.0 Å². The minimum atomic E-state index is -0.674. The molecule has 0 bridgehead atoms. The Morgan fingerprint density at radius 1 is 1.59 bits per heavy atom. The van der Waals surface area contributed by atoms with Gasteiger partial charge in [-0.2, -0.15) is 0 Å². The van der Waals surface area contributed by atoms with Crippen LogP contribution in [-0.4, -0.2) is 23.9 Å². The van der Waals surface area contributed by atoms with Crippen molar-refractivity contribution in [3.8, 4) is 11.8 Å². The smallest absolute Gasteiger partial charge is 0.339 e. The van der Waals surface area contributed by atoms with E-state index in [9.17, 15) is 14.9 Å². The van der Waals surface area contributed by atoms with Crippen LogP contribution in [-0.2, 0) is 4.74 Å². The van der Waals surface area contributed by atoms with Crippen molar-refractivity contribution in [1.29, 1.82) is 0 Å². The molecule has 1 aromatic carbocycles. The lowest BCUT2D eigenvalue weighted by atomic mass is 10.1. The number of nitro benzene ring substituents is 1. The van der Waals surface area contributed by atoms with Gasteiger partial charge in [0.2, 0.25) is 0 Å². The molecule has 0 amide bonds. The van der Waals surface area contributed by atoms with Gasteiger partial charge in [0, 0.05) is 17.7 Å². The molecule has 1 aromatic rings. The van der Waals surface area contributed by atoms with E-state index in [2.05, 4.69) is 16.6 Å². The molecule has 6 heteroatoms. The van der Waals surface area contributed by atoms with E-state index in [0.29, 0.717) is 5.56 Å². The molecule has 0 unspecified atom stereocenters. The Labute approximate surface area is 102 Å². The Kier molecular flexibility index (Phi) is 4.49. The molecule has 0 aliphatic carbocycles.